The van der Waals surface area contributed by atoms with Crippen LogP contribution in [0.25, 0.3) is 0 Å². The Bertz CT molecular complexity index is 1110. The third-order valence-electron chi connectivity index (χ3n) is 13.2. The summed E-state index contributed by atoms with van der Waals surface area (Å²) in [7, 11) is 4.23. The zero-order chi connectivity index (χ0) is 47.7. The summed E-state index contributed by atoms with van der Waals surface area (Å²) in [5.74, 6) is -1.88. The van der Waals surface area contributed by atoms with Gasteiger partial charge in [0.05, 0.1) is 13.2 Å². The molecule has 2 N–H and O–H groups in total. The molecule has 0 aliphatic carbocycles. The van der Waals surface area contributed by atoms with Crippen LogP contribution in [0.1, 0.15) is 194 Å². The number of rotatable bonds is 41. The van der Waals surface area contributed by atoms with Crippen molar-refractivity contribution in [1.82, 2.24) is 30.2 Å². The van der Waals surface area contributed by atoms with Crippen LogP contribution in [-0.2, 0) is 28.5 Å². The molecule has 2 fully saturated rings. The molecule has 66 heavy (non-hydrogen) atoms. The van der Waals surface area contributed by atoms with Crippen molar-refractivity contribution in [2.45, 2.75) is 206 Å². The van der Waals surface area contributed by atoms with Gasteiger partial charge in [-0.15, -0.1) is 0 Å². The molecule has 0 aromatic heterocycles. The smallest absolute Gasteiger partial charge is 0.408 e. The van der Waals surface area contributed by atoms with Crippen LogP contribution < -0.4 is 10.6 Å². The van der Waals surface area contributed by atoms with Gasteiger partial charge in [-0.3, -0.25) is 0 Å². The lowest BCUT2D eigenvalue weighted by molar-refractivity contribution is -0.173. The van der Waals surface area contributed by atoms with E-state index in [1.165, 1.54) is 116 Å². The van der Waals surface area contributed by atoms with E-state index in [1.54, 1.807) is 0 Å². The van der Waals surface area contributed by atoms with Gasteiger partial charge in [-0.1, -0.05) is 168 Å². The molecule has 2 rings (SSSR count). The fourth-order valence-electron chi connectivity index (χ4n) is 8.66. The normalized spacial score (nSPS) is 16.1. The van der Waals surface area contributed by atoms with Gasteiger partial charge < -0.3 is 49.2 Å². The number of piperazine rings is 2. The van der Waals surface area contributed by atoms with E-state index < -0.39 is 36.3 Å². The van der Waals surface area contributed by atoms with Crippen molar-refractivity contribution in [2.24, 2.45) is 0 Å². The third-order valence-corrected chi connectivity index (χ3v) is 13.2. The summed E-state index contributed by atoms with van der Waals surface area (Å²) in [6.45, 7) is 14.8. The van der Waals surface area contributed by atoms with E-state index in [2.05, 4.69) is 58.2 Å². The summed E-state index contributed by atoms with van der Waals surface area (Å²) < 4.78 is 22.6. The SMILES string of the molecule is CCCCCCCCCCCCCCCOC(=O)C(OC(=O)NCCCN1CCN(C)CC1)C(OC(=O)NCCCN1CCN(C)CC1)C(=O)OCCCCCCCCCCCCCCC. The second-order valence-corrected chi connectivity index (χ2v) is 19.3. The zero-order valence-electron chi connectivity index (χ0n) is 42.9. The lowest BCUT2D eigenvalue weighted by Crippen LogP contribution is -2.50. The van der Waals surface area contributed by atoms with Crippen LogP contribution in [0.2, 0.25) is 0 Å². The van der Waals surface area contributed by atoms with Gasteiger partial charge in [0.2, 0.25) is 12.2 Å². The Kier molecular flexibility index (Phi) is 37.2. The summed E-state index contributed by atoms with van der Waals surface area (Å²) in [4.78, 5) is 63.4. The predicted octanol–water partition coefficient (Wildman–Crippen LogP) is 9.72. The van der Waals surface area contributed by atoms with Crippen LogP contribution in [0, 0.1) is 0 Å². The highest BCUT2D eigenvalue weighted by Gasteiger charge is 2.43. The van der Waals surface area contributed by atoms with Gasteiger partial charge in [0.1, 0.15) is 0 Å². The van der Waals surface area contributed by atoms with E-state index in [0.717, 1.165) is 104 Å². The molecule has 2 heterocycles. The number of esters is 2. The maximum Gasteiger partial charge on any atom is 0.408 e. The van der Waals surface area contributed by atoms with Gasteiger partial charge in [-0.25, -0.2) is 19.2 Å². The molecule has 2 aliphatic heterocycles. The van der Waals surface area contributed by atoms with E-state index in [-0.39, 0.29) is 13.2 Å². The van der Waals surface area contributed by atoms with Crippen molar-refractivity contribution in [2.75, 3.05) is 106 Å². The summed E-state index contributed by atoms with van der Waals surface area (Å²) >= 11 is 0. The van der Waals surface area contributed by atoms with Crippen molar-refractivity contribution in [1.29, 1.82) is 0 Å². The molecule has 0 aromatic carbocycles. The molecule has 2 amide bonds. The monoisotopic (exact) mass is 937 g/mol. The minimum absolute atomic E-state index is 0.0995. The number of carbonyl (C=O) groups is 4. The molecule has 0 radical (unpaired) electrons. The van der Waals surface area contributed by atoms with Gasteiger partial charge in [0, 0.05) is 65.4 Å². The third kappa shape index (κ3) is 32.1. The number of carbonyl (C=O) groups excluding carboxylic acids is 4. The van der Waals surface area contributed by atoms with E-state index in [1.807, 2.05) is 0 Å². The van der Waals surface area contributed by atoms with Crippen LogP contribution in [0.3, 0.4) is 0 Å². The van der Waals surface area contributed by atoms with E-state index in [0.29, 0.717) is 38.8 Å². The lowest BCUT2D eigenvalue weighted by Gasteiger charge is -2.32. The first-order valence-corrected chi connectivity index (χ1v) is 27.3. The number of ether oxygens (including phenoxy) is 4. The van der Waals surface area contributed by atoms with Gasteiger partial charge in [0.25, 0.3) is 0 Å². The topological polar surface area (TPSA) is 142 Å². The molecule has 0 bridgehead atoms. The first-order chi connectivity index (χ1) is 32.2. The standard InChI is InChI=1S/C52H100N6O8/c1-5-7-9-11-13-15-17-19-21-23-25-27-29-45-63-49(59)47(65-51(61)53-33-31-35-57-41-37-55(3)38-42-57)48(66-52(62)54-34-32-36-58-43-39-56(4)40-44-58)50(60)64-46-30-28-26-24-22-20-18-16-14-12-10-8-6-2/h47-48H,5-46H2,1-4H3,(H,53,61)(H,54,62). The van der Waals surface area contributed by atoms with Crippen molar-refractivity contribution >= 4 is 24.1 Å². The average molecular weight is 937 g/mol. The molecule has 2 atom stereocenters. The molecular weight excluding hydrogens is 837 g/mol. The van der Waals surface area contributed by atoms with E-state index in [9.17, 15) is 19.2 Å². The summed E-state index contributed by atoms with van der Waals surface area (Å²) in [5, 5.41) is 5.47. The molecule has 14 nitrogen and oxygen atoms in total. The van der Waals surface area contributed by atoms with Gasteiger partial charge >= 0.3 is 24.1 Å². The van der Waals surface area contributed by atoms with Gasteiger partial charge in [-0.2, -0.15) is 0 Å². The van der Waals surface area contributed by atoms with Crippen molar-refractivity contribution in [3.8, 4) is 0 Å². The first kappa shape index (κ1) is 59.4. The molecule has 2 saturated heterocycles. The number of unbranched alkanes of at least 4 members (excludes halogenated alkanes) is 24. The van der Waals surface area contributed by atoms with Crippen LogP contribution >= 0.6 is 0 Å². The Hall–Kier alpha value is -2.68. The fourth-order valence-corrected chi connectivity index (χ4v) is 8.66. The van der Waals surface area contributed by atoms with Gasteiger partial charge in [-0.05, 0) is 52.9 Å². The zero-order valence-corrected chi connectivity index (χ0v) is 42.9. The largest absolute Gasteiger partial charge is 0.463 e. The van der Waals surface area contributed by atoms with Crippen LogP contribution in [0.4, 0.5) is 9.59 Å². The summed E-state index contributed by atoms with van der Waals surface area (Å²) in [5.41, 5.74) is 0. The Balaban J connectivity index is 1.95. The van der Waals surface area contributed by atoms with Crippen molar-refractivity contribution < 1.29 is 38.1 Å². The van der Waals surface area contributed by atoms with Gasteiger partial charge in [0.15, 0.2) is 0 Å². The Morgan fingerprint density at radius 3 is 0.955 bits per heavy atom. The molecule has 0 aromatic rings. The number of hydrogen-bond donors (Lipinski definition) is 2. The lowest BCUT2D eigenvalue weighted by atomic mass is 10.0. The molecule has 386 valence electrons. The minimum Gasteiger partial charge on any atom is -0.463 e. The number of alkyl carbamates (subject to hydrolysis) is 2. The molecule has 2 aliphatic rings. The summed E-state index contributed by atoms with van der Waals surface area (Å²) in [6.07, 6.45) is 26.7. The minimum atomic E-state index is -1.83. The summed E-state index contributed by atoms with van der Waals surface area (Å²) in [6, 6.07) is 0. The number of likely N-dealkylation sites (N-methyl/N-ethyl adjacent to an activating group) is 2. The number of nitrogens with one attached hydrogen (secondary N) is 2. The average Bonchev–Trinajstić information content (AvgIpc) is 3.31. The second kappa shape index (κ2) is 41.3. The predicted molar refractivity (Wildman–Crippen MR) is 267 cm³/mol. The molecule has 14 heteroatoms. The highest BCUT2D eigenvalue weighted by Crippen LogP contribution is 2.16. The highest BCUT2D eigenvalue weighted by molar-refractivity contribution is 5.89. The maximum absolute atomic E-state index is 13.8. The van der Waals surface area contributed by atoms with Crippen LogP contribution in [0.15, 0.2) is 0 Å². The molecular formula is C52H100N6O8. The fraction of sp³-hybridized carbons (Fsp3) is 0.923. The van der Waals surface area contributed by atoms with Crippen LogP contribution in [-0.4, -0.2) is 162 Å². The van der Waals surface area contributed by atoms with Crippen molar-refractivity contribution in [3.63, 3.8) is 0 Å². The van der Waals surface area contributed by atoms with Crippen LogP contribution in [0.5, 0.6) is 0 Å². The van der Waals surface area contributed by atoms with E-state index >= 15 is 0 Å². The van der Waals surface area contributed by atoms with Crippen molar-refractivity contribution in [3.05, 3.63) is 0 Å². The first-order valence-electron chi connectivity index (χ1n) is 27.3. The Morgan fingerprint density at radius 1 is 0.394 bits per heavy atom. The second-order valence-electron chi connectivity index (χ2n) is 19.3. The number of amides is 2. The Labute approximate surface area is 403 Å². The number of hydrogen-bond acceptors (Lipinski definition) is 12. The highest BCUT2D eigenvalue weighted by atomic mass is 16.6. The molecule has 0 saturated carbocycles. The van der Waals surface area contributed by atoms with E-state index in [4.69, 9.17) is 18.9 Å². The Morgan fingerprint density at radius 2 is 0.667 bits per heavy atom. The maximum atomic E-state index is 13.8. The molecule has 2 unspecified atom stereocenters. The number of nitrogens with zero attached hydrogens (tertiary/aromatic N) is 4. The molecule has 0 spiro atoms. The quantitative estimate of drug-likeness (QED) is 0.0343.